The van der Waals surface area contributed by atoms with E-state index in [9.17, 15) is 9.59 Å². The van der Waals surface area contributed by atoms with Crippen molar-refractivity contribution in [3.05, 3.63) is 17.8 Å². The number of nitrogen functional groups attached to an aromatic ring is 1. The number of nitrogens with zero attached hydrogens (tertiary/aromatic N) is 1. The molecular weight excluding hydrogens is 248 g/mol. The topological polar surface area (TPSA) is 117 Å². The van der Waals surface area contributed by atoms with Gasteiger partial charge in [-0.3, -0.25) is 4.79 Å². The number of carboxylic acid groups (broad SMARTS) is 1. The number of amides is 1. The lowest BCUT2D eigenvalue weighted by Crippen LogP contribution is -2.27. The van der Waals surface area contributed by atoms with Crippen LogP contribution in [0.3, 0.4) is 0 Å². The van der Waals surface area contributed by atoms with Crippen molar-refractivity contribution in [1.29, 1.82) is 0 Å². The van der Waals surface area contributed by atoms with E-state index in [1.54, 1.807) is 0 Å². The number of carboxylic acids is 1. The lowest BCUT2D eigenvalue weighted by molar-refractivity contribution is -0.120. The Balaban J connectivity index is 1.85. The second-order valence-corrected chi connectivity index (χ2v) is 4.46. The van der Waals surface area contributed by atoms with Crippen molar-refractivity contribution in [1.82, 2.24) is 10.3 Å². The molecule has 7 nitrogen and oxygen atoms in total. The summed E-state index contributed by atoms with van der Waals surface area (Å²) in [4.78, 5) is 26.1. The zero-order valence-electron chi connectivity index (χ0n) is 10.3. The van der Waals surface area contributed by atoms with Gasteiger partial charge in [0.15, 0.2) is 5.69 Å². The number of anilines is 2. The molecule has 0 bridgehead atoms. The van der Waals surface area contributed by atoms with E-state index in [2.05, 4.69) is 15.6 Å². The molecule has 0 unspecified atom stereocenters. The number of hydrogen-bond donors (Lipinski definition) is 4. The van der Waals surface area contributed by atoms with Gasteiger partial charge in [0.2, 0.25) is 5.91 Å². The minimum Gasteiger partial charge on any atom is -0.477 e. The van der Waals surface area contributed by atoms with Crippen molar-refractivity contribution in [2.45, 2.75) is 25.3 Å². The molecule has 1 heterocycles. The fourth-order valence-corrected chi connectivity index (χ4v) is 1.55. The third-order valence-corrected chi connectivity index (χ3v) is 2.73. The van der Waals surface area contributed by atoms with Crippen molar-refractivity contribution in [2.75, 3.05) is 17.6 Å². The second kappa shape index (κ2) is 5.55. The van der Waals surface area contributed by atoms with Gasteiger partial charge < -0.3 is 21.5 Å². The number of pyridine rings is 1. The fourth-order valence-electron chi connectivity index (χ4n) is 1.55. The monoisotopic (exact) mass is 264 g/mol. The molecule has 0 saturated heterocycles. The molecule has 0 spiro atoms. The third kappa shape index (κ3) is 3.84. The summed E-state index contributed by atoms with van der Waals surface area (Å²) in [5.74, 6) is -0.850. The minimum atomic E-state index is -1.12. The predicted molar refractivity (Wildman–Crippen MR) is 69.9 cm³/mol. The summed E-state index contributed by atoms with van der Waals surface area (Å²) in [6.45, 7) is 0.360. The molecule has 0 atom stereocenters. The summed E-state index contributed by atoms with van der Waals surface area (Å²) in [5.41, 5.74) is 5.95. The van der Waals surface area contributed by atoms with E-state index in [-0.39, 0.29) is 11.6 Å². The molecule has 1 aliphatic rings. The van der Waals surface area contributed by atoms with Gasteiger partial charge in [0.05, 0.1) is 5.69 Å². The maximum Gasteiger partial charge on any atom is 0.354 e. The van der Waals surface area contributed by atoms with Crippen LogP contribution in [0.1, 0.15) is 29.8 Å². The number of nitrogens with one attached hydrogen (secondary N) is 2. The van der Waals surface area contributed by atoms with Crippen LogP contribution in [-0.2, 0) is 4.79 Å². The zero-order chi connectivity index (χ0) is 13.8. The Morgan fingerprint density at radius 1 is 1.42 bits per heavy atom. The van der Waals surface area contributed by atoms with Crippen LogP contribution in [0.5, 0.6) is 0 Å². The number of carbonyl (C=O) groups excluding carboxylic acids is 1. The maximum absolute atomic E-state index is 11.4. The van der Waals surface area contributed by atoms with E-state index in [0.717, 1.165) is 12.8 Å². The summed E-state index contributed by atoms with van der Waals surface area (Å²) in [7, 11) is 0. The van der Waals surface area contributed by atoms with E-state index in [4.69, 9.17) is 10.8 Å². The van der Waals surface area contributed by atoms with Gasteiger partial charge in [0, 0.05) is 19.0 Å². The highest BCUT2D eigenvalue weighted by Gasteiger charge is 2.22. The number of hydrogen-bond acceptors (Lipinski definition) is 5. The predicted octanol–water partition coefficient (Wildman–Crippen LogP) is 0.443. The Hall–Kier alpha value is -2.31. The fraction of sp³-hybridized carbons (Fsp3) is 0.417. The first-order valence-corrected chi connectivity index (χ1v) is 6.09. The van der Waals surface area contributed by atoms with E-state index < -0.39 is 5.97 Å². The Morgan fingerprint density at radius 3 is 2.79 bits per heavy atom. The van der Waals surface area contributed by atoms with E-state index in [1.165, 1.54) is 12.1 Å². The molecule has 2 rings (SSSR count). The zero-order valence-corrected chi connectivity index (χ0v) is 10.3. The molecule has 0 aromatic carbocycles. The van der Waals surface area contributed by atoms with Gasteiger partial charge in [0.25, 0.3) is 0 Å². The standard InChI is InChI=1S/C12H16N4O3/c13-8-3-4-9(12(18)19)16-11(8)14-6-5-10(17)15-7-1-2-7/h3-4,7H,1-2,5-6,13H2,(H,14,16)(H,15,17)(H,18,19). The van der Waals surface area contributed by atoms with Crippen LogP contribution in [-0.4, -0.2) is 34.6 Å². The van der Waals surface area contributed by atoms with Crippen molar-refractivity contribution >= 4 is 23.4 Å². The lowest BCUT2D eigenvalue weighted by Gasteiger charge is -2.09. The molecule has 1 aromatic rings. The number of aromatic nitrogens is 1. The molecule has 1 saturated carbocycles. The summed E-state index contributed by atoms with van der Waals surface area (Å²) in [6, 6.07) is 3.15. The quantitative estimate of drug-likeness (QED) is 0.592. The molecule has 19 heavy (non-hydrogen) atoms. The van der Waals surface area contributed by atoms with E-state index in [1.807, 2.05) is 0 Å². The van der Waals surface area contributed by atoms with Gasteiger partial charge in [-0.25, -0.2) is 9.78 Å². The number of rotatable bonds is 6. The van der Waals surface area contributed by atoms with Crippen molar-refractivity contribution in [3.63, 3.8) is 0 Å². The molecule has 1 aliphatic carbocycles. The highest BCUT2D eigenvalue weighted by atomic mass is 16.4. The molecule has 1 amide bonds. The summed E-state index contributed by atoms with van der Waals surface area (Å²) < 4.78 is 0. The SMILES string of the molecule is Nc1ccc(C(=O)O)nc1NCCC(=O)NC1CC1. The largest absolute Gasteiger partial charge is 0.477 e. The molecular formula is C12H16N4O3. The first-order valence-electron chi connectivity index (χ1n) is 6.09. The highest BCUT2D eigenvalue weighted by molar-refractivity contribution is 5.86. The van der Waals surface area contributed by atoms with Crippen molar-refractivity contribution < 1.29 is 14.7 Å². The average Bonchev–Trinajstić information content (AvgIpc) is 3.15. The van der Waals surface area contributed by atoms with Crippen LogP contribution < -0.4 is 16.4 Å². The van der Waals surface area contributed by atoms with Gasteiger partial charge in [-0.05, 0) is 25.0 Å². The van der Waals surface area contributed by atoms with E-state index in [0.29, 0.717) is 30.5 Å². The third-order valence-electron chi connectivity index (χ3n) is 2.73. The first-order chi connectivity index (χ1) is 9.06. The maximum atomic E-state index is 11.4. The summed E-state index contributed by atoms with van der Waals surface area (Å²) in [5, 5.41) is 14.6. The Kier molecular flexibility index (Phi) is 3.84. The van der Waals surface area contributed by atoms with Crippen LogP contribution in [0.15, 0.2) is 12.1 Å². The molecule has 1 fully saturated rings. The molecule has 102 valence electrons. The number of aromatic carboxylic acids is 1. The van der Waals surface area contributed by atoms with Crippen LogP contribution >= 0.6 is 0 Å². The number of nitrogens with two attached hydrogens (primary N) is 1. The van der Waals surface area contributed by atoms with Gasteiger partial charge in [0.1, 0.15) is 5.82 Å². The summed E-state index contributed by atoms with van der Waals surface area (Å²) >= 11 is 0. The van der Waals surface area contributed by atoms with Gasteiger partial charge >= 0.3 is 5.97 Å². The Bertz CT molecular complexity index is 500. The molecule has 0 aliphatic heterocycles. The molecule has 0 radical (unpaired) electrons. The van der Waals surface area contributed by atoms with Crippen LogP contribution in [0, 0.1) is 0 Å². The van der Waals surface area contributed by atoms with Gasteiger partial charge in [-0.1, -0.05) is 0 Å². The minimum absolute atomic E-state index is 0.0250. The van der Waals surface area contributed by atoms with Crippen LogP contribution in [0.2, 0.25) is 0 Å². The van der Waals surface area contributed by atoms with Crippen molar-refractivity contribution in [3.8, 4) is 0 Å². The highest BCUT2D eigenvalue weighted by Crippen LogP contribution is 2.19. The van der Waals surface area contributed by atoms with Crippen LogP contribution in [0.25, 0.3) is 0 Å². The molecule has 5 N–H and O–H groups in total. The molecule has 1 aromatic heterocycles. The van der Waals surface area contributed by atoms with Gasteiger partial charge in [-0.2, -0.15) is 0 Å². The normalized spacial score (nSPS) is 13.9. The average molecular weight is 264 g/mol. The van der Waals surface area contributed by atoms with Crippen molar-refractivity contribution in [2.24, 2.45) is 0 Å². The smallest absolute Gasteiger partial charge is 0.354 e. The Labute approximate surface area is 110 Å². The number of carbonyl (C=O) groups is 2. The lowest BCUT2D eigenvalue weighted by atomic mass is 10.3. The first kappa shape index (κ1) is 13.1. The van der Waals surface area contributed by atoms with Crippen LogP contribution in [0.4, 0.5) is 11.5 Å². The molecule has 7 heteroatoms. The summed E-state index contributed by atoms with van der Waals surface area (Å²) in [6.07, 6.45) is 2.40. The van der Waals surface area contributed by atoms with Gasteiger partial charge in [-0.15, -0.1) is 0 Å². The second-order valence-electron chi connectivity index (χ2n) is 4.46. The Morgan fingerprint density at radius 2 is 2.16 bits per heavy atom. The van der Waals surface area contributed by atoms with E-state index >= 15 is 0 Å².